The number of para-hydroxylation sites is 1. The largest absolute Gasteiger partial charge is 0.455 e. The average Bonchev–Trinajstić information content (AvgIpc) is 3.85. The zero-order valence-corrected chi connectivity index (χ0v) is 29.4. The summed E-state index contributed by atoms with van der Waals surface area (Å²) in [5, 5.41) is 21.6. The van der Waals surface area contributed by atoms with Crippen molar-refractivity contribution in [3.63, 3.8) is 0 Å². The minimum absolute atomic E-state index is 0.0159. The Morgan fingerprint density at radius 1 is 1.18 bits per heavy atom. The third kappa shape index (κ3) is 6.35. The Bertz CT molecular complexity index is 1770. The Morgan fingerprint density at radius 3 is 2.64 bits per heavy atom. The topological polar surface area (TPSA) is 156 Å². The van der Waals surface area contributed by atoms with Crippen LogP contribution in [0.4, 0.5) is 0 Å². The number of aliphatic hydroxyl groups is 1. The number of benzene rings is 2. The maximum atomic E-state index is 14.8. The van der Waals surface area contributed by atoms with Crippen LogP contribution in [0.3, 0.4) is 0 Å². The number of hydrogen-bond donors (Lipinski definition) is 2. The molecule has 50 heavy (non-hydrogen) atoms. The van der Waals surface area contributed by atoms with Crippen molar-refractivity contribution < 1.29 is 33.8 Å². The summed E-state index contributed by atoms with van der Waals surface area (Å²) in [5.74, 6) is -3.88. The van der Waals surface area contributed by atoms with Gasteiger partial charge in [-0.2, -0.15) is 0 Å². The molecule has 3 aromatic rings. The van der Waals surface area contributed by atoms with Crippen LogP contribution in [0.5, 0.6) is 0 Å². The molecule has 2 aromatic carbocycles. The molecule has 6 rings (SSSR count). The number of nitrogens with one attached hydrogen (secondary N) is 1. The Morgan fingerprint density at radius 2 is 1.92 bits per heavy atom. The maximum absolute atomic E-state index is 14.8. The van der Waals surface area contributed by atoms with Crippen LogP contribution < -0.4 is 5.32 Å². The van der Waals surface area contributed by atoms with Gasteiger partial charge in [-0.15, -0.1) is 18.3 Å². The molecule has 1 unspecified atom stereocenters. The van der Waals surface area contributed by atoms with Crippen LogP contribution in [0.15, 0.2) is 79.9 Å². The predicted molar refractivity (Wildman–Crippen MR) is 186 cm³/mol. The summed E-state index contributed by atoms with van der Waals surface area (Å²) in [6.07, 6.45) is 2.66. The zero-order valence-electron chi connectivity index (χ0n) is 27.8. The van der Waals surface area contributed by atoms with Gasteiger partial charge in [0.1, 0.15) is 29.9 Å². The number of alkyl halides is 1. The second kappa shape index (κ2) is 14.8. The summed E-state index contributed by atoms with van der Waals surface area (Å²) in [6, 6.07) is 14.5. The number of likely N-dealkylation sites (tertiary alicyclic amines) is 1. The van der Waals surface area contributed by atoms with E-state index in [1.54, 1.807) is 35.9 Å². The summed E-state index contributed by atoms with van der Waals surface area (Å²) in [7, 11) is 0. The summed E-state index contributed by atoms with van der Waals surface area (Å²) < 4.78 is 14.4. The van der Waals surface area contributed by atoms with Crippen LogP contribution in [-0.4, -0.2) is 102 Å². The monoisotopic (exact) mass is 748 g/mol. The molecule has 3 fully saturated rings. The molecule has 2 bridgehead atoms. The third-order valence-electron chi connectivity index (χ3n) is 9.85. The van der Waals surface area contributed by atoms with Gasteiger partial charge in [0, 0.05) is 17.8 Å². The Balaban J connectivity index is 1.31. The van der Waals surface area contributed by atoms with Crippen molar-refractivity contribution in [2.75, 3.05) is 19.7 Å². The number of halogens is 1. The SMILES string of the molecule is C=CCCC(=O)NC[C@H](OC(=O)[C@@H]1[C@H]2O[C@@]3(CC2Br)[C@H](C(=O)N(CC=C)Cn2nnc4ccccc42)N([C@H](C)CO)C(=O)[C@@H]13)c1ccccc1. The molecule has 1 aromatic heterocycles. The molecule has 8 atom stereocenters. The highest BCUT2D eigenvalue weighted by molar-refractivity contribution is 9.09. The van der Waals surface area contributed by atoms with Crippen LogP contribution in [0.1, 0.15) is 37.9 Å². The number of aromatic nitrogens is 3. The Labute approximate surface area is 298 Å². The quantitative estimate of drug-likeness (QED) is 0.136. The fourth-order valence-corrected chi connectivity index (χ4v) is 8.49. The molecule has 0 radical (unpaired) electrons. The number of carbonyl (C=O) groups excluding carboxylic acids is 4. The smallest absolute Gasteiger partial charge is 0.313 e. The molecule has 2 N–H and O–H groups in total. The lowest BCUT2D eigenvalue weighted by Crippen LogP contribution is -2.58. The number of aliphatic hydroxyl groups excluding tert-OH is 1. The van der Waals surface area contributed by atoms with Gasteiger partial charge in [-0.25, -0.2) is 4.68 Å². The average molecular weight is 750 g/mol. The highest BCUT2D eigenvalue weighted by atomic mass is 79.9. The second-order valence-corrected chi connectivity index (χ2v) is 14.2. The minimum Gasteiger partial charge on any atom is -0.455 e. The van der Waals surface area contributed by atoms with Crippen LogP contribution in [0.25, 0.3) is 11.0 Å². The van der Waals surface area contributed by atoms with E-state index in [0.717, 1.165) is 5.52 Å². The summed E-state index contributed by atoms with van der Waals surface area (Å²) >= 11 is 3.69. The fourth-order valence-electron chi connectivity index (χ4n) is 7.55. The Hall–Kier alpha value is -4.40. The molecule has 1 spiro atoms. The normalized spacial score (nSPS) is 26.3. The number of rotatable bonds is 15. The van der Waals surface area contributed by atoms with Crippen LogP contribution in [0, 0.1) is 11.8 Å². The van der Waals surface area contributed by atoms with Gasteiger partial charge < -0.3 is 29.7 Å². The number of hydrogen-bond acceptors (Lipinski definition) is 9. The molecule has 4 heterocycles. The predicted octanol–water partition coefficient (Wildman–Crippen LogP) is 2.90. The van der Waals surface area contributed by atoms with E-state index in [1.807, 2.05) is 42.5 Å². The number of fused-ring (bicyclic) bond motifs is 2. The fraction of sp³-hybridized carbons (Fsp3) is 0.444. The van der Waals surface area contributed by atoms with Gasteiger partial charge in [0.15, 0.2) is 0 Å². The molecule has 3 aliphatic rings. The minimum atomic E-state index is -1.38. The lowest BCUT2D eigenvalue weighted by molar-refractivity contribution is -0.161. The first-order chi connectivity index (χ1) is 24.1. The van der Waals surface area contributed by atoms with E-state index in [1.165, 1.54) is 9.80 Å². The molecular weight excluding hydrogens is 708 g/mol. The highest BCUT2D eigenvalue weighted by Crippen LogP contribution is 2.61. The van der Waals surface area contributed by atoms with Crippen LogP contribution in [-0.2, 0) is 35.3 Å². The van der Waals surface area contributed by atoms with Crippen LogP contribution >= 0.6 is 15.9 Å². The first-order valence-electron chi connectivity index (χ1n) is 16.7. The van der Waals surface area contributed by atoms with Gasteiger partial charge >= 0.3 is 5.97 Å². The van der Waals surface area contributed by atoms with E-state index in [2.05, 4.69) is 44.7 Å². The Kier molecular flexibility index (Phi) is 10.5. The number of allylic oxidation sites excluding steroid dienone is 1. The molecule has 0 saturated carbocycles. The molecule has 264 valence electrons. The molecule has 0 aliphatic carbocycles. The van der Waals surface area contributed by atoms with Gasteiger partial charge in [0.25, 0.3) is 0 Å². The van der Waals surface area contributed by atoms with Crippen molar-refractivity contribution in [3.8, 4) is 0 Å². The van der Waals surface area contributed by atoms with Crippen molar-refractivity contribution in [1.82, 2.24) is 30.1 Å². The van der Waals surface area contributed by atoms with Gasteiger partial charge in [-0.1, -0.05) is 75.8 Å². The van der Waals surface area contributed by atoms with Crippen molar-refractivity contribution >= 4 is 50.7 Å². The van der Waals surface area contributed by atoms with Gasteiger partial charge in [-0.05, 0) is 37.5 Å². The first kappa shape index (κ1) is 35.4. The van der Waals surface area contributed by atoms with Crippen molar-refractivity contribution in [1.29, 1.82) is 0 Å². The van der Waals surface area contributed by atoms with Crippen LogP contribution in [0.2, 0.25) is 0 Å². The first-order valence-corrected chi connectivity index (χ1v) is 17.6. The van der Waals surface area contributed by atoms with E-state index in [9.17, 15) is 24.3 Å². The lowest BCUT2D eigenvalue weighted by Gasteiger charge is -2.38. The maximum Gasteiger partial charge on any atom is 0.313 e. The number of ether oxygens (including phenoxy) is 2. The third-order valence-corrected chi connectivity index (χ3v) is 10.7. The molecule has 13 nitrogen and oxygen atoms in total. The number of nitrogens with zero attached hydrogens (tertiary/aromatic N) is 5. The molecule has 14 heteroatoms. The lowest BCUT2D eigenvalue weighted by atomic mass is 9.70. The number of esters is 1. The van der Waals surface area contributed by atoms with E-state index in [-0.39, 0.29) is 43.3 Å². The number of carbonyl (C=O) groups is 4. The van der Waals surface area contributed by atoms with E-state index >= 15 is 0 Å². The summed E-state index contributed by atoms with van der Waals surface area (Å²) in [5.41, 5.74) is 0.668. The standard InChI is InChI=1S/C36H41BrN6O7/c1-4-6-16-28(45)38-19-27(23-12-8-7-9-13-23)49-35(48)29-30-33(46)43(22(3)20-44)32(36(30)18-24(37)31(29)50-36)34(47)41(17-5-2)21-42-26-15-11-10-14-25(26)39-40-42/h4-5,7-15,22,24,27,29-32,44H,1-2,6,16-21H2,3H3,(H,38,45)/t22-,24?,27+,29+,30-,31+,32+,36-/m1/s1. The number of amides is 3. The zero-order chi connectivity index (χ0) is 35.6. The summed E-state index contributed by atoms with van der Waals surface area (Å²) in [4.78, 5) is 58.5. The van der Waals surface area contributed by atoms with Crippen molar-refractivity contribution in [3.05, 3.63) is 85.5 Å². The molecule has 3 aliphatic heterocycles. The molecular formula is C36H41BrN6O7. The second-order valence-electron chi connectivity index (χ2n) is 13.0. The van der Waals surface area contributed by atoms with Gasteiger partial charge in [-0.3, -0.25) is 19.2 Å². The van der Waals surface area contributed by atoms with E-state index in [4.69, 9.17) is 9.47 Å². The van der Waals surface area contributed by atoms with E-state index < -0.39 is 66.1 Å². The summed E-state index contributed by atoms with van der Waals surface area (Å²) in [6.45, 7) is 8.92. The van der Waals surface area contributed by atoms with Crippen molar-refractivity contribution in [2.45, 2.75) is 67.6 Å². The highest BCUT2D eigenvalue weighted by Gasteiger charge is 2.77. The molecule has 3 amide bonds. The van der Waals surface area contributed by atoms with E-state index in [0.29, 0.717) is 17.5 Å². The van der Waals surface area contributed by atoms with Gasteiger partial charge in [0.2, 0.25) is 17.7 Å². The van der Waals surface area contributed by atoms with Gasteiger partial charge in [0.05, 0.1) is 42.6 Å². The molecule has 3 saturated heterocycles. The van der Waals surface area contributed by atoms with Crippen molar-refractivity contribution in [2.24, 2.45) is 11.8 Å².